The Kier molecular flexibility index (Phi) is 4.40. The van der Waals surface area contributed by atoms with Crippen LogP contribution in [-0.2, 0) is 12.7 Å². The topological polar surface area (TPSA) is 29.3 Å². The summed E-state index contributed by atoms with van der Waals surface area (Å²) in [6, 6.07) is 12.8. The highest BCUT2D eigenvalue weighted by Gasteiger charge is 2.34. The molecule has 0 saturated heterocycles. The largest absolute Gasteiger partial charge is 0.418 e. The maximum absolute atomic E-state index is 13.1. The molecule has 0 aliphatic heterocycles. The van der Waals surface area contributed by atoms with Crippen molar-refractivity contribution in [2.75, 3.05) is 17.2 Å². The van der Waals surface area contributed by atoms with Crippen molar-refractivity contribution >= 4 is 11.4 Å². The van der Waals surface area contributed by atoms with Gasteiger partial charge in [0.2, 0.25) is 0 Å². The molecule has 2 rings (SSSR count). The zero-order chi connectivity index (χ0) is 15.5. The fraction of sp³-hybridized carbons (Fsp3) is 0.250. The first kappa shape index (κ1) is 15.2. The van der Waals surface area contributed by atoms with Crippen LogP contribution in [0.4, 0.5) is 24.5 Å². The molecule has 112 valence electrons. The van der Waals surface area contributed by atoms with Crippen LogP contribution < -0.4 is 10.6 Å². The molecule has 0 bridgehead atoms. The summed E-state index contributed by atoms with van der Waals surface area (Å²) in [6.07, 6.45) is -4.36. The van der Waals surface area contributed by atoms with Gasteiger partial charge in [-0.25, -0.2) is 0 Å². The molecule has 0 radical (unpaired) electrons. The lowest BCUT2D eigenvalue weighted by Crippen LogP contribution is -2.25. The molecule has 0 atom stereocenters. The van der Waals surface area contributed by atoms with E-state index in [1.54, 1.807) is 23.1 Å². The van der Waals surface area contributed by atoms with Crippen LogP contribution in [-0.4, -0.2) is 6.54 Å². The molecule has 0 aromatic heterocycles. The molecule has 5 heteroatoms. The van der Waals surface area contributed by atoms with Gasteiger partial charge >= 0.3 is 6.18 Å². The highest BCUT2D eigenvalue weighted by molar-refractivity contribution is 5.55. The lowest BCUT2D eigenvalue weighted by Gasteiger charge is -2.26. The third-order valence-electron chi connectivity index (χ3n) is 3.29. The summed E-state index contributed by atoms with van der Waals surface area (Å²) in [5.74, 6) is 0. The van der Waals surface area contributed by atoms with Crippen LogP contribution in [0.2, 0.25) is 0 Å². The first-order valence-electron chi connectivity index (χ1n) is 6.67. The summed E-state index contributed by atoms with van der Waals surface area (Å²) in [4.78, 5) is 1.70. The maximum Gasteiger partial charge on any atom is 0.418 e. The van der Waals surface area contributed by atoms with Crippen molar-refractivity contribution in [2.24, 2.45) is 0 Å². The number of halogens is 3. The number of rotatable bonds is 4. The summed E-state index contributed by atoms with van der Waals surface area (Å²) >= 11 is 0. The predicted octanol–water partition coefficient (Wildman–Crippen LogP) is 4.31. The highest BCUT2D eigenvalue weighted by Crippen LogP contribution is 2.36. The van der Waals surface area contributed by atoms with Gasteiger partial charge in [-0.2, -0.15) is 13.2 Å². The van der Waals surface area contributed by atoms with Gasteiger partial charge in [-0.3, -0.25) is 0 Å². The summed E-state index contributed by atoms with van der Waals surface area (Å²) in [7, 11) is 0. The van der Waals surface area contributed by atoms with Crippen molar-refractivity contribution in [1.82, 2.24) is 0 Å². The number of nitrogens with zero attached hydrogens (tertiary/aromatic N) is 1. The van der Waals surface area contributed by atoms with Crippen molar-refractivity contribution < 1.29 is 13.2 Å². The summed E-state index contributed by atoms with van der Waals surface area (Å²) in [6.45, 7) is 2.73. The average Bonchev–Trinajstić information content (AvgIpc) is 2.46. The normalized spacial score (nSPS) is 11.4. The Morgan fingerprint density at radius 1 is 1.00 bits per heavy atom. The lowest BCUT2D eigenvalue weighted by molar-refractivity contribution is -0.137. The minimum Gasteiger partial charge on any atom is -0.399 e. The van der Waals surface area contributed by atoms with Crippen molar-refractivity contribution in [1.29, 1.82) is 0 Å². The van der Waals surface area contributed by atoms with E-state index in [0.29, 0.717) is 18.8 Å². The Bertz CT molecular complexity index is 591. The molecule has 0 amide bonds. The molecule has 0 heterocycles. The number of para-hydroxylation sites is 1. The van der Waals surface area contributed by atoms with E-state index in [2.05, 4.69) is 0 Å². The first-order chi connectivity index (χ1) is 9.91. The van der Waals surface area contributed by atoms with Crippen LogP contribution in [0.5, 0.6) is 0 Å². The second-order valence-corrected chi connectivity index (χ2v) is 4.77. The number of nitrogens with two attached hydrogens (primary N) is 1. The molecule has 2 nitrogen and oxygen atoms in total. The van der Waals surface area contributed by atoms with Gasteiger partial charge in [0.15, 0.2) is 0 Å². The predicted molar refractivity (Wildman–Crippen MR) is 79.0 cm³/mol. The van der Waals surface area contributed by atoms with Crippen LogP contribution in [0.25, 0.3) is 0 Å². The number of anilines is 2. The fourth-order valence-corrected chi connectivity index (χ4v) is 2.20. The van der Waals surface area contributed by atoms with Crippen LogP contribution in [0.1, 0.15) is 18.1 Å². The summed E-state index contributed by atoms with van der Waals surface area (Å²) < 4.78 is 39.3. The molecule has 0 aliphatic carbocycles. The second-order valence-electron chi connectivity index (χ2n) is 4.77. The van der Waals surface area contributed by atoms with Gasteiger partial charge in [0.25, 0.3) is 0 Å². The molecule has 0 aliphatic rings. The van der Waals surface area contributed by atoms with Gasteiger partial charge < -0.3 is 10.6 Å². The zero-order valence-corrected chi connectivity index (χ0v) is 11.7. The van der Waals surface area contributed by atoms with Crippen molar-refractivity contribution in [2.45, 2.75) is 19.6 Å². The molecule has 21 heavy (non-hydrogen) atoms. The van der Waals surface area contributed by atoms with E-state index < -0.39 is 11.7 Å². The van der Waals surface area contributed by atoms with Gasteiger partial charge in [0.1, 0.15) is 0 Å². The average molecular weight is 294 g/mol. The quantitative estimate of drug-likeness (QED) is 0.851. The highest BCUT2D eigenvalue weighted by atomic mass is 19.4. The Morgan fingerprint density at radius 3 is 2.19 bits per heavy atom. The molecule has 0 unspecified atom stereocenters. The van der Waals surface area contributed by atoms with Crippen molar-refractivity contribution in [3.63, 3.8) is 0 Å². The zero-order valence-electron chi connectivity index (χ0n) is 11.7. The Balaban J connectivity index is 2.32. The number of benzene rings is 2. The molecule has 0 saturated carbocycles. The van der Waals surface area contributed by atoms with Gasteiger partial charge in [-0.05, 0) is 36.8 Å². The van der Waals surface area contributed by atoms with E-state index in [-0.39, 0.29) is 5.69 Å². The van der Waals surface area contributed by atoms with E-state index in [4.69, 9.17) is 5.73 Å². The van der Waals surface area contributed by atoms with E-state index in [1.807, 2.05) is 19.1 Å². The van der Waals surface area contributed by atoms with E-state index in [1.165, 1.54) is 12.1 Å². The summed E-state index contributed by atoms with van der Waals surface area (Å²) in [5, 5.41) is 0. The van der Waals surface area contributed by atoms with Crippen LogP contribution in [0.3, 0.4) is 0 Å². The molecule has 2 aromatic carbocycles. The van der Waals surface area contributed by atoms with E-state index in [0.717, 1.165) is 11.6 Å². The third-order valence-corrected chi connectivity index (χ3v) is 3.29. The SMILES string of the molecule is CCN(Cc1ccc(N)cc1)c1ccccc1C(F)(F)F. The third kappa shape index (κ3) is 3.68. The molecule has 2 N–H and O–H groups in total. The van der Waals surface area contributed by atoms with Crippen LogP contribution in [0, 0.1) is 0 Å². The lowest BCUT2D eigenvalue weighted by atomic mass is 10.1. The molecule has 2 aromatic rings. The number of nitrogen functional groups attached to an aromatic ring is 1. The van der Waals surface area contributed by atoms with Crippen molar-refractivity contribution in [3.8, 4) is 0 Å². The Morgan fingerprint density at radius 2 is 1.62 bits per heavy atom. The van der Waals surface area contributed by atoms with Gasteiger partial charge in [0, 0.05) is 24.5 Å². The van der Waals surface area contributed by atoms with Crippen LogP contribution >= 0.6 is 0 Å². The first-order valence-corrected chi connectivity index (χ1v) is 6.67. The Labute approximate surface area is 122 Å². The standard InChI is InChI=1S/C16H17F3N2/c1-2-21(11-12-7-9-13(20)10-8-12)15-6-4-3-5-14(15)16(17,18)19/h3-10H,2,11,20H2,1H3. The number of hydrogen-bond donors (Lipinski definition) is 1. The summed E-state index contributed by atoms with van der Waals surface area (Å²) in [5.41, 5.74) is 6.77. The Hall–Kier alpha value is -2.17. The molecular weight excluding hydrogens is 277 g/mol. The fourth-order valence-electron chi connectivity index (χ4n) is 2.20. The molecule has 0 spiro atoms. The smallest absolute Gasteiger partial charge is 0.399 e. The minimum absolute atomic E-state index is 0.198. The maximum atomic E-state index is 13.1. The second kappa shape index (κ2) is 6.08. The van der Waals surface area contributed by atoms with Crippen LogP contribution in [0.15, 0.2) is 48.5 Å². The molecule has 0 fully saturated rings. The number of alkyl halides is 3. The molecular formula is C16H17F3N2. The van der Waals surface area contributed by atoms with Gasteiger partial charge in [-0.15, -0.1) is 0 Å². The number of hydrogen-bond acceptors (Lipinski definition) is 2. The van der Waals surface area contributed by atoms with E-state index in [9.17, 15) is 13.2 Å². The monoisotopic (exact) mass is 294 g/mol. The van der Waals surface area contributed by atoms with E-state index >= 15 is 0 Å². The van der Waals surface area contributed by atoms with Gasteiger partial charge in [-0.1, -0.05) is 24.3 Å². The van der Waals surface area contributed by atoms with Gasteiger partial charge in [0.05, 0.1) is 5.56 Å². The van der Waals surface area contributed by atoms with Crippen molar-refractivity contribution in [3.05, 3.63) is 59.7 Å². The minimum atomic E-state index is -4.36.